The number of halogens is 1. The molecule has 0 saturated carbocycles. The Morgan fingerprint density at radius 2 is 2.25 bits per heavy atom. The fourth-order valence-corrected chi connectivity index (χ4v) is 1.30. The first-order chi connectivity index (χ1) is 7.63. The van der Waals surface area contributed by atoms with Crippen LogP contribution in [-0.2, 0) is 9.53 Å². The van der Waals surface area contributed by atoms with Crippen molar-refractivity contribution in [3.8, 4) is 0 Å². The van der Waals surface area contributed by atoms with Crippen molar-refractivity contribution in [2.75, 3.05) is 18.5 Å². The number of benzene rings is 1. The molecule has 0 heterocycles. The molecular formula is C12H16FNO2. The lowest BCUT2D eigenvalue weighted by Gasteiger charge is -2.07. The zero-order valence-electron chi connectivity index (χ0n) is 9.55. The summed E-state index contributed by atoms with van der Waals surface area (Å²) in [6, 6.07) is 4.76. The number of hydrogen-bond donors (Lipinski definition) is 1. The van der Waals surface area contributed by atoms with Crippen LogP contribution in [0.5, 0.6) is 0 Å². The van der Waals surface area contributed by atoms with E-state index < -0.39 is 0 Å². The molecule has 0 unspecified atom stereocenters. The van der Waals surface area contributed by atoms with Crippen LogP contribution < -0.4 is 5.32 Å². The molecule has 0 fully saturated rings. The summed E-state index contributed by atoms with van der Waals surface area (Å²) in [4.78, 5) is 11.0. The van der Waals surface area contributed by atoms with Crippen molar-refractivity contribution in [1.29, 1.82) is 0 Å². The van der Waals surface area contributed by atoms with Gasteiger partial charge < -0.3 is 10.1 Å². The molecule has 3 nitrogen and oxygen atoms in total. The Morgan fingerprint density at radius 3 is 2.88 bits per heavy atom. The zero-order valence-corrected chi connectivity index (χ0v) is 9.55. The highest BCUT2D eigenvalue weighted by Gasteiger charge is 2.02. The van der Waals surface area contributed by atoms with Gasteiger partial charge in [0.1, 0.15) is 5.82 Å². The van der Waals surface area contributed by atoms with Crippen LogP contribution >= 0.6 is 0 Å². The van der Waals surface area contributed by atoms with Gasteiger partial charge in [0.2, 0.25) is 0 Å². The van der Waals surface area contributed by atoms with E-state index in [2.05, 4.69) is 5.32 Å². The van der Waals surface area contributed by atoms with Gasteiger partial charge >= 0.3 is 5.97 Å². The van der Waals surface area contributed by atoms with E-state index in [0.29, 0.717) is 25.1 Å². The molecule has 0 aliphatic rings. The fourth-order valence-electron chi connectivity index (χ4n) is 1.30. The van der Waals surface area contributed by atoms with E-state index >= 15 is 0 Å². The van der Waals surface area contributed by atoms with Crippen LogP contribution in [0.2, 0.25) is 0 Å². The molecule has 0 spiro atoms. The van der Waals surface area contributed by atoms with Crippen LogP contribution in [0, 0.1) is 12.7 Å². The molecule has 0 aliphatic heterocycles. The first-order valence-electron chi connectivity index (χ1n) is 5.29. The number of esters is 1. The predicted molar refractivity (Wildman–Crippen MR) is 60.9 cm³/mol. The summed E-state index contributed by atoms with van der Waals surface area (Å²) in [7, 11) is 0. The number of aryl methyl sites for hydroxylation is 1. The first-order valence-corrected chi connectivity index (χ1v) is 5.29. The van der Waals surface area contributed by atoms with Crippen LogP contribution in [-0.4, -0.2) is 19.1 Å². The smallest absolute Gasteiger partial charge is 0.307 e. The van der Waals surface area contributed by atoms with Crippen molar-refractivity contribution in [1.82, 2.24) is 0 Å². The molecule has 1 N–H and O–H groups in total. The molecule has 1 aromatic rings. The Labute approximate surface area is 94.6 Å². The monoisotopic (exact) mass is 225 g/mol. The summed E-state index contributed by atoms with van der Waals surface area (Å²) in [5.41, 5.74) is 1.39. The Balaban J connectivity index is 2.37. The van der Waals surface area contributed by atoms with Gasteiger partial charge in [-0.3, -0.25) is 4.79 Å². The van der Waals surface area contributed by atoms with E-state index in [1.54, 1.807) is 26.0 Å². The lowest BCUT2D eigenvalue weighted by molar-refractivity contribution is -0.142. The van der Waals surface area contributed by atoms with Gasteiger partial charge in [-0.25, -0.2) is 4.39 Å². The molecule has 0 radical (unpaired) electrons. The van der Waals surface area contributed by atoms with Gasteiger partial charge in [0.05, 0.1) is 13.0 Å². The van der Waals surface area contributed by atoms with E-state index in [4.69, 9.17) is 4.74 Å². The SMILES string of the molecule is CCOC(=O)CCNc1ccc(F)c(C)c1. The number of ether oxygens (including phenoxy) is 1. The third kappa shape index (κ3) is 3.88. The molecule has 0 atom stereocenters. The minimum atomic E-state index is -0.228. The van der Waals surface area contributed by atoms with Gasteiger partial charge in [-0.2, -0.15) is 0 Å². The van der Waals surface area contributed by atoms with Crippen LogP contribution in [0.15, 0.2) is 18.2 Å². The highest BCUT2D eigenvalue weighted by atomic mass is 19.1. The van der Waals surface area contributed by atoms with Gasteiger partial charge in [0, 0.05) is 12.2 Å². The number of anilines is 1. The lowest BCUT2D eigenvalue weighted by Crippen LogP contribution is -2.11. The molecule has 0 amide bonds. The highest BCUT2D eigenvalue weighted by Crippen LogP contribution is 2.13. The highest BCUT2D eigenvalue weighted by molar-refractivity contribution is 5.70. The predicted octanol–water partition coefficient (Wildman–Crippen LogP) is 2.50. The second-order valence-electron chi connectivity index (χ2n) is 3.45. The van der Waals surface area contributed by atoms with E-state index in [1.807, 2.05) is 0 Å². The van der Waals surface area contributed by atoms with Gasteiger partial charge in [-0.15, -0.1) is 0 Å². The molecular weight excluding hydrogens is 209 g/mol. The first kappa shape index (κ1) is 12.5. The van der Waals surface area contributed by atoms with Crippen molar-refractivity contribution in [2.24, 2.45) is 0 Å². The maximum Gasteiger partial charge on any atom is 0.307 e. The number of hydrogen-bond acceptors (Lipinski definition) is 3. The van der Waals surface area contributed by atoms with E-state index in [0.717, 1.165) is 5.69 Å². The minimum absolute atomic E-state index is 0.226. The topological polar surface area (TPSA) is 38.3 Å². The Bertz CT molecular complexity index is 366. The van der Waals surface area contributed by atoms with Crippen molar-refractivity contribution in [2.45, 2.75) is 20.3 Å². The summed E-state index contributed by atoms with van der Waals surface area (Å²) in [6.45, 7) is 4.36. The molecule has 0 aromatic heterocycles. The van der Waals surface area contributed by atoms with E-state index in [1.165, 1.54) is 6.07 Å². The van der Waals surface area contributed by atoms with Crippen LogP contribution in [0.3, 0.4) is 0 Å². The zero-order chi connectivity index (χ0) is 12.0. The van der Waals surface area contributed by atoms with Crippen molar-refractivity contribution < 1.29 is 13.9 Å². The second-order valence-corrected chi connectivity index (χ2v) is 3.45. The molecule has 4 heteroatoms. The summed E-state index contributed by atoms with van der Waals surface area (Å²) in [5.74, 6) is -0.454. The minimum Gasteiger partial charge on any atom is -0.466 e. The Hall–Kier alpha value is -1.58. The van der Waals surface area contributed by atoms with E-state index in [-0.39, 0.29) is 11.8 Å². The summed E-state index contributed by atoms with van der Waals surface area (Å²) >= 11 is 0. The third-order valence-corrected chi connectivity index (χ3v) is 2.12. The molecule has 0 aliphatic carbocycles. The standard InChI is InChI=1S/C12H16FNO2/c1-3-16-12(15)6-7-14-10-4-5-11(13)9(2)8-10/h4-5,8,14H,3,6-7H2,1-2H3. The maximum absolute atomic E-state index is 12.9. The maximum atomic E-state index is 12.9. The molecule has 1 aromatic carbocycles. The number of carbonyl (C=O) groups excluding carboxylic acids is 1. The van der Waals surface area contributed by atoms with Gasteiger partial charge in [0.25, 0.3) is 0 Å². The summed E-state index contributed by atoms with van der Waals surface area (Å²) < 4.78 is 17.7. The van der Waals surface area contributed by atoms with Crippen molar-refractivity contribution >= 4 is 11.7 Å². The van der Waals surface area contributed by atoms with Crippen molar-refractivity contribution in [3.05, 3.63) is 29.6 Å². The third-order valence-electron chi connectivity index (χ3n) is 2.12. The number of carbonyl (C=O) groups is 1. The molecule has 88 valence electrons. The largest absolute Gasteiger partial charge is 0.466 e. The Morgan fingerprint density at radius 1 is 1.50 bits per heavy atom. The van der Waals surface area contributed by atoms with E-state index in [9.17, 15) is 9.18 Å². The summed E-state index contributed by atoms with van der Waals surface area (Å²) in [5, 5.41) is 3.03. The number of nitrogens with one attached hydrogen (secondary N) is 1. The van der Waals surface area contributed by atoms with Crippen LogP contribution in [0.1, 0.15) is 18.9 Å². The quantitative estimate of drug-likeness (QED) is 0.782. The molecule has 1 rings (SSSR count). The van der Waals surface area contributed by atoms with Gasteiger partial charge in [-0.05, 0) is 37.6 Å². The lowest BCUT2D eigenvalue weighted by atomic mass is 10.2. The summed E-state index contributed by atoms with van der Waals surface area (Å²) in [6.07, 6.45) is 0.310. The number of rotatable bonds is 5. The molecule has 0 bridgehead atoms. The second kappa shape index (κ2) is 6.10. The fraction of sp³-hybridized carbons (Fsp3) is 0.417. The van der Waals surface area contributed by atoms with Crippen molar-refractivity contribution in [3.63, 3.8) is 0 Å². The van der Waals surface area contributed by atoms with Gasteiger partial charge in [-0.1, -0.05) is 0 Å². The average molecular weight is 225 g/mol. The molecule has 16 heavy (non-hydrogen) atoms. The normalized spacial score (nSPS) is 9.94. The Kier molecular flexibility index (Phi) is 4.76. The van der Waals surface area contributed by atoms with Gasteiger partial charge in [0.15, 0.2) is 0 Å². The molecule has 0 saturated heterocycles. The van der Waals surface area contributed by atoms with Crippen LogP contribution in [0.25, 0.3) is 0 Å². The van der Waals surface area contributed by atoms with Crippen LogP contribution in [0.4, 0.5) is 10.1 Å². The average Bonchev–Trinajstić information content (AvgIpc) is 2.24.